The van der Waals surface area contributed by atoms with E-state index < -0.39 is 6.04 Å². The molecule has 0 bridgehead atoms. The van der Waals surface area contributed by atoms with Crippen LogP contribution >= 0.6 is 11.6 Å². The highest BCUT2D eigenvalue weighted by Gasteiger charge is 2.22. The van der Waals surface area contributed by atoms with Crippen LogP contribution in [0.2, 0.25) is 5.02 Å². The van der Waals surface area contributed by atoms with Crippen LogP contribution in [0.4, 0.5) is 4.39 Å². The standard InChI is InChI=1S/C14H14ClFN2/c1-9(10-5-7-18-8-6-10)14(17)13-11(15)3-2-4-12(13)16/h2-9,14H,17H2,1H3. The highest BCUT2D eigenvalue weighted by molar-refractivity contribution is 6.31. The average Bonchev–Trinajstić information content (AvgIpc) is 2.38. The van der Waals surface area contributed by atoms with Gasteiger partial charge in [-0.1, -0.05) is 24.6 Å². The van der Waals surface area contributed by atoms with Crippen LogP contribution in [0.5, 0.6) is 0 Å². The van der Waals surface area contributed by atoms with Gasteiger partial charge in [0.25, 0.3) is 0 Å². The van der Waals surface area contributed by atoms with E-state index in [-0.39, 0.29) is 11.7 Å². The quantitative estimate of drug-likeness (QED) is 0.919. The number of benzene rings is 1. The van der Waals surface area contributed by atoms with Gasteiger partial charge in [0.1, 0.15) is 5.82 Å². The molecule has 2 aromatic rings. The van der Waals surface area contributed by atoms with Crippen LogP contribution in [0.3, 0.4) is 0 Å². The third kappa shape index (κ3) is 2.52. The third-order valence-corrected chi connectivity index (χ3v) is 3.43. The van der Waals surface area contributed by atoms with Crippen LogP contribution in [0.25, 0.3) is 0 Å². The van der Waals surface area contributed by atoms with E-state index in [1.54, 1.807) is 24.5 Å². The third-order valence-electron chi connectivity index (χ3n) is 3.10. The first-order chi connectivity index (χ1) is 8.61. The Morgan fingerprint density at radius 1 is 1.22 bits per heavy atom. The molecule has 0 saturated heterocycles. The average molecular weight is 265 g/mol. The molecule has 1 aromatic heterocycles. The van der Waals surface area contributed by atoms with Crippen LogP contribution < -0.4 is 5.73 Å². The van der Waals surface area contributed by atoms with Gasteiger partial charge in [-0.25, -0.2) is 4.39 Å². The molecule has 18 heavy (non-hydrogen) atoms. The largest absolute Gasteiger partial charge is 0.323 e. The topological polar surface area (TPSA) is 38.9 Å². The van der Waals surface area contributed by atoms with Crippen LogP contribution in [-0.2, 0) is 0 Å². The lowest BCUT2D eigenvalue weighted by atomic mass is 9.89. The minimum atomic E-state index is -0.485. The van der Waals surface area contributed by atoms with E-state index in [9.17, 15) is 4.39 Å². The first kappa shape index (κ1) is 13.0. The molecule has 0 fully saturated rings. The molecule has 0 aliphatic heterocycles. The van der Waals surface area contributed by atoms with Crippen molar-refractivity contribution in [2.75, 3.05) is 0 Å². The zero-order chi connectivity index (χ0) is 13.1. The van der Waals surface area contributed by atoms with Crippen LogP contribution in [0, 0.1) is 5.82 Å². The molecular weight excluding hydrogens is 251 g/mol. The van der Waals surface area contributed by atoms with Crippen molar-refractivity contribution in [3.63, 3.8) is 0 Å². The molecule has 0 radical (unpaired) electrons. The van der Waals surface area contributed by atoms with Crippen molar-refractivity contribution in [1.29, 1.82) is 0 Å². The van der Waals surface area contributed by atoms with E-state index in [1.165, 1.54) is 6.07 Å². The van der Waals surface area contributed by atoms with Crippen LogP contribution in [-0.4, -0.2) is 4.98 Å². The number of nitrogens with zero attached hydrogens (tertiary/aromatic N) is 1. The number of hydrogen-bond acceptors (Lipinski definition) is 2. The molecule has 0 aliphatic rings. The fourth-order valence-corrected chi connectivity index (χ4v) is 2.24. The molecular formula is C14H14ClFN2. The molecule has 4 heteroatoms. The van der Waals surface area contributed by atoms with E-state index in [4.69, 9.17) is 17.3 Å². The highest BCUT2D eigenvalue weighted by Crippen LogP contribution is 2.33. The molecule has 2 nitrogen and oxygen atoms in total. The van der Waals surface area contributed by atoms with E-state index in [0.717, 1.165) is 5.56 Å². The van der Waals surface area contributed by atoms with Crippen molar-refractivity contribution in [2.45, 2.75) is 18.9 Å². The van der Waals surface area contributed by atoms with Crippen molar-refractivity contribution in [1.82, 2.24) is 4.98 Å². The normalized spacial score (nSPS) is 14.2. The molecule has 0 aliphatic carbocycles. The zero-order valence-electron chi connectivity index (χ0n) is 9.98. The highest BCUT2D eigenvalue weighted by atomic mass is 35.5. The van der Waals surface area contributed by atoms with Crippen molar-refractivity contribution in [2.24, 2.45) is 5.73 Å². The predicted octanol–water partition coefficient (Wildman–Crippen LogP) is 3.68. The summed E-state index contributed by atoms with van der Waals surface area (Å²) in [6.07, 6.45) is 3.39. The molecule has 94 valence electrons. The molecule has 2 rings (SSSR count). The number of hydrogen-bond donors (Lipinski definition) is 1. The van der Waals surface area contributed by atoms with Gasteiger partial charge in [0, 0.05) is 34.9 Å². The lowest BCUT2D eigenvalue weighted by Crippen LogP contribution is -2.19. The summed E-state index contributed by atoms with van der Waals surface area (Å²) in [7, 11) is 0. The Kier molecular flexibility index (Phi) is 3.94. The molecule has 1 heterocycles. The molecule has 2 N–H and O–H groups in total. The number of rotatable bonds is 3. The fourth-order valence-electron chi connectivity index (χ4n) is 1.95. The fraction of sp³-hybridized carbons (Fsp3) is 0.214. The molecule has 0 amide bonds. The van der Waals surface area contributed by atoms with Gasteiger partial charge in [0.2, 0.25) is 0 Å². The minimum Gasteiger partial charge on any atom is -0.323 e. The summed E-state index contributed by atoms with van der Waals surface area (Å²) < 4.78 is 13.8. The Bertz CT molecular complexity index is 510. The summed E-state index contributed by atoms with van der Waals surface area (Å²) in [5.41, 5.74) is 7.50. The smallest absolute Gasteiger partial charge is 0.129 e. The second kappa shape index (κ2) is 5.46. The summed E-state index contributed by atoms with van der Waals surface area (Å²) in [6, 6.07) is 7.87. The van der Waals surface area contributed by atoms with Crippen LogP contribution in [0.1, 0.15) is 30.0 Å². The molecule has 0 saturated carbocycles. The van der Waals surface area contributed by atoms with Gasteiger partial charge >= 0.3 is 0 Å². The summed E-state index contributed by atoms with van der Waals surface area (Å²) in [6.45, 7) is 1.95. The van der Waals surface area contributed by atoms with E-state index in [0.29, 0.717) is 10.6 Å². The van der Waals surface area contributed by atoms with Gasteiger partial charge in [0.05, 0.1) is 0 Å². The SMILES string of the molecule is CC(c1ccncc1)C(N)c1c(F)cccc1Cl. The van der Waals surface area contributed by atoms with Crippen LogP contribution in [0.15, 0.2) is 42.7 Å². The Labute approximate surface area is 111 Å². The minimum absolute atomic E-state index is 0.0394. The first-order valence-electron chi connectivity index (χ1n) is 5.70. The van der Waals surface area contributed by atoms with E-state index in [1.807, 2.05) is 19.1 Å². The molecule has 2 atom stereocenters. The zero-order valence-corrected chi connectivity index (χ0v) is 10.7. The molecule has 2 unspecified atom stereocenters. The number of nitrogens with two attached hydrogens (primary N) is 1. The maximum Gasteiger partial charge on any atom is 0.129 e. The number of halogens is 2. The summed E-state index contributed by atoms with van der Waals surface area (Å²) in [5.74, 6) is -0.404. The second-order valence-corrected chi connectivity index (χ2v) is 4.64. The Morgan fingerprint density at radius 2 is 1.89 bits per heavy atom. The second-order valence-electron chi connectivity index (χ2n) is 4.23. The molecule has 0 spiro atoms. The maximum atomic E-state index is 13.8. The van der Waals surface area contributed by atoms with Gasteiger partial charge in [-0.15, -0.1) is 0 Å². The Morgan fingerprint density at radius 3 is 2.50 bits per heavy atom. The summed E-state index contributed by atoms with van der Waals surface area (Å²) in [4.78, 5) is 3.95. The summed E-state index contributed by atoms with van der Waals surface area (Å²) >= 11 is 6.02. The number of aromatic nitrogens is 1. The van der Waals surface area contributed by atoms with Gasteiger partial charge < -0.3 is 5.73 Å². The lowest BCUT2D eigenvalue weighted by molar-refractivity contribution is 0.539. The lowest BCUT2D eigenvalue weighted by Gasteiger charge is -2.22. The Balaban J connectivity index is 2.34. The van der Waals surface area contributed by atoms with Gasteiger partial charge in [-0.3, -0.25) is 4.98 Å². The van der Waals surface area contributed by atoms with Gasteiger partial charge in [-0.2, -0.15) is 0 Å². The van der Waals surface area contributed by atoms with Gasteiger partial charge in [-0.05, 0) is 29.8 Å². The van der Waals surface area contributed by atoms with Gasteiger partial charge in [0.15, 0.2) is 0 Å². The molecule has 1 aromatic carbocycles. The summed E-state index contributed by atoms with van der Waals surface area (Å²) in [5, 5.41) is 0.364. The van der Waals surface area contributed by atoms with E-state index >= 15 is 0 Å². The van der Waals surface area contributed by atoms with Crippen molar-refractivity contribution in [3.05, 3.63) is 64.7 Å². The van der Waals surface area contributed by atoms with Crippen molar-refractivity contribution < 1.29 is 4.39 Å². The van der Waals surface area contributed by atoms with E-state index in [2.05, 4.69) is 4.98 Å². The number of pyridine rings is 1. The first-order valence-corrected chi connectivity index (χ1v) is 6.08. The maximum absolute atomic E-state index is 13.8. The predicted molar refractivity (Wildman–Crippen MR) is 71.0 cm³/mol. The monoisotopic (exact) mass is 264 g/mol. The van der Waals surface area contributed by atoms with Crippen molar-refractivity contribution in [3.8, 4) is 0 Å². The Hall–Kier alpha value is -1.45. The van der Waals surface area contributed by atoms with Crippen molar-refractivity contribution >= 4 is 11.6 Å².